The standard InChI is InChI=1S/C35H50ClN5O2/c1-3-39(4-2)25-33(27-10-6-5-7-11-27)40-18-20-41(21-19-40)35(43)32(22-26-14-16-29(36)17-15-26)38-34(42)23-31-30-13-9-8-12-28(30)24-37-31/h8-9,12-17,27,31-33,37H,3-7,10-11,18-25H2,1-2H3,(H,38,42)/t31?,32-,33?/m1/s1. The zero-order valence-corrected chi connectivity index (χ0v) is 26.8. The zero-order chi connectivity index (χ0) is 30.2. The van der Waals surface area contributed by atoms with E-state index in [4.69, 9.17) is 11.6 Å². The minimum absolute atomic E-state index is 0.0145. The summed E-state index contributed by atoms with van der Waals surface area (Å²) in [5.41, 5.74) is 3.40. The van der Waals surface area contributed by atoms with Gasteiger partial charge in [0.05, 0.1) is 0 Å². The quantitative estimate of drug-likeness (QED) is 0.354. The summed E-state index contributed by atoms with van der Waals surface area (Å²) in [4.78, 5) is 34.6. The largest absolute Gasteiger partial charge is 0.344 e. The fourth-order valence-corrected chi connectivity index (χ4v) is 7.50. The SMILES string of the molecule is CCN(CC)CC(C1CCCCC1)N1CCN(C(=O)[C@@H](Cc2ccc(Cl)cc2)NC(=O)CC2NCc3ccccc32)CC1. The molecule has 3 aliphatic rings. The summed E-state index contributed by atoms with van der Waals surface area (Å²) >= 11 is 6.14. The van der Waals surface area contributed by atoms with Gasteiger partial charge in [0.25, 0.3) is 0 Å². The normalized spacial score (nSPS) is 21.0. The number of hydrogen-bond donors (Lipinski definition) is 2. The Hall–Kier alpha value is -2.45. The van der Waals surface area contributed by atoms with Gasteiger partial charge in [-0.1, -0.05) is 81.1 Å². The summed E-state index contributed by atoms with van der Waals surface area (Å²) in [6, 6.07) is 15.7. The van der Waals surface area contributed by atoms with Crippen LogP contribution in [0.15, 0.2) is 48.5 Å². The monoisotopic (exact) mass is 607 g/mol. The Bertz CT molecular complexity index is 1190. The van der Waals surface area contributed by atoms with Crippen molar-refractivity contribution in [3.05, 3.63) is 70.2 Å². The van der Waals surface area contributed by atoms with Gasteiger partial charge in [-0.3, -0.25) is 14.5 Å². The third-order valence-electron chi connectivity index (χ3n) is 9.97. The topological polar surface area (TPSA) is 67.9 Å². The van der Waals surface area contributed by atoms with Crippen LogP contribution in [0.2, 0.25) is 5.02 Å². The fourth-order valence-electron chi connectivity index (χ4n) is 7.38. The molecule has 8 heteroatoms. The molecule has 5 rings (SSSR count). The number of fused-ring (bicyclic) bond motifs is 1. The van der Waals surface area contributed by atoms with Gasteiger partial charge in [0.2, 0.25) is 11.8 Å². The van der Waals surface area contributed by atoms with Gasteiger partial charge in [-0.2, -0.15) is 0 Å². The molecule has 2 N–H and O–H groups in total. The molecule has 1 aliphatic carbocycles. The first-order chi connectivity index (χ1) is 20.9. The number of benzene rings is 2. The van der Waals surface area contributed by atoms with Gasteiger partial charge in [0.1, 0.15) is 6.04 Å². The van der Waals surface area contributed by atoms with Crippen LogP contribution in [-0.2, 0) is 22.6 Å². The molecule has 2 unspecified atom stereocenters. The minimum atomic E-state index is -0.610. The number of nitrogens with one attached hydrogen (secondary N) is 2. The lowest BCUT2D eigenvalue weighted by Gasteiger charge is -2.45. The van der Waals surface area contributed by atoms with Crippen molar-refractivity contribution in [2.75, 3.05) is 45.8 Å². The smallest absolute Gasteiger partial charge is 0.245 e. The average molecular weight is 608 g/mol. The number of amides is 2. The molecule has 2 aromatic carbocycles. The Morgan fingerprint density at radius 1 is 0.977 bits per heavy atom. The molecule has 0 radical (unpaired) electrons. The first-order valence-electron chi connectivity index (χ1n) is 16.5. The summed E-state index contributed by atoms with van der Waals surface area (Å²) in [5, 5.41) is 7.26. The Kier molecular flexibility index (Phi) is 11.5. The number of piperazine rings is 1. The number of carbonyl (C=O) groups is 2. The van der Waals surface area contributed by atoms with Gasteiger partial charge < -0.3 is 20.4 Å². The van der Waals surface area contributed by atoms with Gasteiger partial charge in [0.15, 0.2) is 0 Å². The summed E-state index contributed by atoms with van der Waals surface area (Å²) < 4.78 is 0. The lowest BCUT2D eigenvalue weighted by Crippen LogP contribution is -2.59. The number of carbonyl (C=O) groups excluding carboxylic acids is 2. The van der Waals surface area contributed by atoms with Crippen molar-refractivity contribution >= 4 is 23.4 Å². The molecular weight excluding hydrogens is 558 g/mol. The van der Waals surface area contributed by atoms with Gasteiger partial charge in [-0.25, -0.2) is 0 Å². The highest BCUT2D eigenvalue weighted by Gasteiger charge is 2.35. The third-order valence-corrected chi connectivity index (χ3v) is 10.2. The van der Waals surface area contributed by atoms with E-state index in [1.165, 1.54) is 43.2 Å². The number of nitrogens with zero attached hydrogens (tertiary/aromatic N) is 3. The molecule has 234 valence electrons. The highest BCUT2D eigenvalue weighted by atomic mass is 35.5. The second-order valence-corrected chi connectivity index (χ2v) is 13.0. The zero-order valence-electron chi connectivity index (χ0n) is 26.1. The van der Waals surface area contributed by atoms with E-state index in [1.54, 1.807) is 0 Å². The summed E-state index contributed by atoms with van der Waals surface area (Å²) in [5.74, 6) is 0.653. The van der Waals surface area contributed by atoms with Gasteiger partial charge in [-0.15, -0.1) is 0 Å². The molecule has 7 nitrogen and oxygen atoms in total. The molecule has 1 saturated carbocycles. The molecular formula is C35H50ClN5O2. The molecule has 2 aliphatic heterocycles. The van der Waals surface area contributed by atoms with Crippen LogP contribution in [0.25, 0.3) is 0 Å². The number of hydrogen-bond acceptors (Lipinski definition) is 5. The van der Waals surface area contributed by atoms with E-state index in [-0.39, 0.29) is 17.9 Å². The molecule has 2 amide bonds. The highest BCUT2D eigenvalue weighted by Crippen LogP contribution is 2.31. The lowest BCUT2D eigenvalue weighted by molar-refractivity contribution is -0.138. The lowest BCUT2D eigenvalue weighted by atomic mass is 9.82. The predicted molar refractivity (Wildman–Crippen MR) is 174 cm³/mol. The summed E-state index contributed by atoms with van der Waals surface area (Å²) in [6.45, 7) is 11.7. The highest BCUT2D eigenvalue weighted by molar-refractivity contribution is 6.30. The van der Waals surface area contributed by atoms with Crippen molar-refractivity contribution in [1.29, 1.82) is 0 Å². The van der Waals surface area contributed by atoms with Crippen LogP contribution in [0.1, 0.15) is 75.1 Å². The van der Waals surface area contributed by atoms with Crippen molar-refractivity contribution in [2.24, 2.45) is 5.92 Å². The van der Waals surface area contributed by atoms with Crippen molar-refractivity contribution < 1.29 is 9.59 Å². The minimum Gasteiger partial charge on any atom is -0.344 e. The maximum absolute atomic E-state index is 14.0. The Balaban J connectivity index is 1.24. The number of halogens is 1. The average Bonchev–Trinajstić information content (AvgIpc) is 3.45. The van der Waals surface area contributed by atoms with E-state index in [0.717, 1.165) is 50.7 Å². The van der Waals surface area contributed by atoms with E-state index < -0.39 is 6.04 Å². The molecule has 0 aromatic heterocycles. The van der Waals surface area contributed by atoms with Gasteiger partial charge in [-0.05, 0) is 60.7 Å². The second kappa shape index (κ2) is 15.5. The first-order valence-corrected chi connectivity index (χ1v) is 16.9. The van der Waals surface area contributed by atoms with Crippen LogP contribution < -0.4 is 10.6 Å². The predicted octanol–water partition coefficient (Wildman–Crippen LogP) is 5.04. The molecule has 3 atom stereocenters. The maximum Gasteiger partial charge on any atom is 0.245 e. The molecule has 1 saturated heterocycles. The van der Waals surface area contributed by atoms with Crippen LogP contribution in [0.5, 0.6) is 0 Å². The van der Waals surface area contributed by atoms with Crippen molar-refractivity contribution in [3.8, 4) is 0 Å². The van der Waals surface area contributed by atoms with Crippen molar-refractivity contribution in [1.82, 2.24) is 25.3 Å². The Morgan fingerprint density at radius 2 is 1.67 bits per heavy atom. The van der Waals surface area contributed by atoms with E-state index in [1.807, 2.05) is 41.3 Å². The third kappa shape index (κ3) is 8.39. The summed E-state index contributed by atoms with van der Waals surface area (Å²) in [7, 11) is 0. The fraction of sp³-hybridized carbons (Fsp3) is 0.600. The van der Waals surface area contributed by atoms with Crippen LogP contribution in [-0.4, -0.2) is 84.4 Å². The Labute approximate surface area is 263 Å². The van der Waals surface area contributed by atoms with E-state index in [2.05, 4.69) is 46.4 Å². The number of rotatable bonds is 12. The first kappa shape index (κ1) is 32.0. The van der Waals surface area contributed by atoms with E-state index in [9.17, 15) is 9.59 Å². The maximum atomic E-state index is 14.0. The molecule has 43 heavy (non-hydrogen) atoms. The van der Waals surface area contributed by atoms with Gasteiger partial charge >= 0.3 is 0 Å². The number of likely N-dealkylation sites (N-methyl/N-ethyl adjacent to an activating group) is 1. The van der Waals surface area contributed by atoms with E-state index in [0.29, 0.717) is 37.0 Å². The molecule has 2 heterocycles. The van der Waals surface area contributed by atoms with Gasteiger partial charge in [0, 0.05) is 69.2 Å². The van der Waals surface area contributed by atoms with Crippen LogP contribution in [0.4, 0.5) is 0 Å². The molecule has 0 bridgehead atoms. The van der Waals surface area contributed by atoms with Crippen molar-refractivity contribution in [2.45, 2.75) is 83.5 Å². The van der Waals surface area contributed by atoms with E-state index >= 15 is 0 Å². The molecule has 2 aromatic rings. The van der Waals surface area contributed by atoms with Crippen LogP contribution in [0, 0.1) is 5.92 Å². The van der Waals surface area contributed by atoms with Crippen LogP contribution in [0.3, 0.4) is 0 Å². The van der Waals surface area contributed by atoms with Crippen LogP contribution >= 0.6 is 11.6 Å². The molecule has 0 spiro atoms. The van der Waals surface area contributed by atoms with Crippen molar-refractivity contribution in [3.63, 3.8) is 0 Å². The summed E-state index contributed by atoms with van der Waals surface area (Å²) in [6.07, 6.45) is 7.44. The molecule has 2 fully saturated rings. The second-order valence-electron chi connectivity index (χ2n) is 12.6. The Morgan fingerprint density at radius 3 is 2.37 bits per heavy atom.